The van der Waals surface area contributed by atoms with Crippen LogP contribution in [0, 0.1) is 0 Å². The molecule has 2 aromatic rings. The lowest BCUT2D eigenvalue weighted by Gasteiger charge is -2.14. The van der Waals surface area contributed by atoms with E-state index in [2.05, 4.69) is 10.6 Å². The molecule has 1 heterocycles. The molecule has 0 saturated carbocycles. The van der Waals surface area contributed by atoms with E-state index in [1.165, 1.54) is 12.3 Å². The topological polar surface area (TPSA) is 80.6 Å². The van der Waals surface area contributed by atoms with Crippen LogP contribution < -0.4 is 15.4 Å². The van der Waals surface area contributed by atoms with Crippen LogP contribution in [0.5, 0.6) is 5.75 Å². The smallest absolute Gasteiger partial charge is 0.287 e. The molecule has 0 spiro atoms. The molecule has 2 amide bonds. The third-order valence-corrected chi connectivity index (χ3v) is 2.98. The van der Waals surface area contributed by atoms with Crippen molar-refractivity contribution in [2.24, 2.45) is 0 Å². The minimum Gasteiger partial charge on any atom is -0.491 e. The number of anilines is 1. The Balaban J connectivity index is 1.89. The predicted molar refractivity (Wildman–Crippen MR) is 86.5 cm³/mol. The van der Waals surface area contributed by atoms with Gasteiger partial charge in [0, 0.05) is 5.69 Å². The van der Waals surface area contributed by atoms with Gasteiger partial charge in [-0.2, -0.15) is 0 Å². The fourth-order valence-corrected chi connectivity index (χ4v) is 1.88. The first-order chi connectivity index (χ1) is 11.0. The van der Waals surface area contributed by atoms with Crippen molar-refractivity contribution in [1.29, 1.82) is 0 Å². The van der Waals surface area contributed by atoms with E-state index in [-0.39, 0.29) is 17.8 Å². The Morgan fingerprint density at radius 3 is 2.35 bits per heavy atom. The number of carbonyl (C=O) groups excluding carboxylic acids is 2. The van der Waals surface area contributed by atoms with Crippen molar-refractivity contribution < 1.29 is 18.7 Å². The fraction of sp³-hybridized carbons (Fsp3) is 0.294. The first-order valence-electron chi connectivity index (χ1n) is 7.37. The van der Waals surface area contributed by atoms with Crippen LogP contribution in [0.25, 0.3) is 0 Å². The summed E-state index contributed by atoms with van der Waals surface area (Å²) in [5.74, 6) is 0.151. The maximum Gasteiger partial charge on any atom is 0.287 e. The Kier molecular flexibility index (Phi) is 5.41. The van der Waals surface area contributed by atoms with Gasteiger partial charge in [-0.1, -0.05) is 0 Å². The normalized spacial score (nSPS) is 11.8. The van der Waals surface area contributed by atoms with E-state index < -0.39 is 11.9 Å². The first-order valence-corrected chi connectivity index (χ1v) is 7.37. The molecule has 6 nitrogen and oxygen atoms in total. The molecule has 23 heavy (non-hydrogen) atoms. The quantitative estimate of drug-likeness (QED) is 0.858. The van der Waals surface area contributed by atoms with E-state index >= 15 is 0 Å². The average Bonchev–Trinajstić information content (AvgIpc) is 3.03. The lowest BCUT2D eigenvalue weighted by Crippen LogP contribution is -2.41. The number of furan rings is 1. The number of hydrogen-bond acceptors (Lipinski definition) is 4. The molecule has 2 N–H and O–H groups in total. The molecule has 0 saturated heterocycles. The Hall–Kier alpha value is -2.76. The van der Waals surface area contributed by atoms with Crippen molar-refractivity contribution in [3.8, 4) is 5.75 Å². The third-order valence-electron chi connectivity index (χ3n) is 2.98. The number of ether oxygens (including phenoxy) is 1. The summed E-state index contributed by atoms with van der Waals surface area (Å²) in [4.78, 5) is 23.9. The van der Waals surface area contributed by atoms with Gasteiger partial charge in [0.05, 0.1) is 12.4 Å². The summed E-state index contributed by atoms with van der Waals surface area (Å²) >= 11 is 0. The van der Waals surface area contributed by atoms with Crippen molar-refractivity contribution in [3.05, 3.63) is 48.4 Å². The van der Waals surface area contributed by atoms with Gasteiger partial charge in [0.25, 0.3) is 5.91 Å². The van der Waals surface area contributed by atoms with Gasteiger partial charge in [0.15, 0.2) is 5.76 Å². The van der Waals surface area contributed by atoms with Gasteiger partial charge in [-0.3, -0.25) is 9.59 Å². The highest BCUT2D eigenvalue weighted by molar-refractivity contribution is 5.99. The maximum absolute atomic E-state index is 12.1. The molecule has 1 aromatic heterocycles. The summed E-state index contributed by atoms with van der Waals surface area (Å²) in [5.41, 5.74) is 0.630. The highest BCUT2D eigenvalue weighted by Crippen LogP contribution is 2.17. The van der Waals surface area contributed by atoms with Crippen molar-refractivity contribution in [3.63, 3.8) is 0 Å². The Morgan fingerprint density at radius 1 is 1.09 bits per heavy atom. The van der Waals surface area contributed by atoms with Gasteiger partial charge in [0.2, 0.25) is 5.91 Å². The highest BCUT2D eigenvalue weighted by Gasteiger charge is 2.18. The van der Waals surface area contributed by atoms with Gasteiger partial charge in [0.1, 0.15) is 11.8 Å². The summed E-state index contributed by atoms with van der Waals surface area (Å²) in [6.45, 7) is 5.49. The van der Waals surface area contributed by atoms with E-state index in [0.717, 1.165) is 5.75 Å². The zero-order chi connectivity index (χ0) is 16.8. The number of nitrogens with one attached hydrogen (secondary N) is 2. The SMILES string of the molecule is CC(C)Oc1ccc(NC(=O)[C@@H](C)NC(=O)c2ccco2)cc1. The van der Waals surface area contributed by atoms with Crippen LogP contribution in [-0.4, -0.2) is 24.0 Å². The number of rotatable bonds is 6. The largest absolute Gasteiger partial charge is 0.491 e. The highest BCUT2D eigenvalue weighted by atomic mass is 16.5. The van der Waals surface area contributed by atoms with Gasteiger partial charge < -0.3 is 19.8 Å². The summed E-state index contributed by atoms with van der Waals surface area (Å²) in [5, 5.41) is 5.30. The van der Waals surface area contributed by atoms with Crippen molar-refractivity contribution in [1.82, 2.24) is 5.32 Å². The first kappa shape index (κ1) is 16.6. The van der Waals surface area contributed by atoms with Gasteiger partial charge >= 0.3 is 0 Å². The summed E-state index contributed by atoms with van der Waals surface area (Å²) in [7, 11) is 0. The Bertz CT molecular complexity index is 648. The lowest BCUT2D eigenvalue weighted by atomic mass is 10.2. The molecule has 0 aliphatic heterocycles. The van der Waals surface area contributed by atoms with E-state index in [1.807, 2.05) is 13.8 Å². The second kappa shape index (κ2) is 7.49. The van der Waals surface area contributed by atoms with Gasteiger partial charge in [-0.05, 0) is 57.2 Å². The Morgan fingerprint density at radius 2 is 1.78 bits per heavy atom. The van der Waals surface area contributed by atoms with Crippen LogP contribution in [0.2, 0.25) is 0 Å². The number of carbonyl (C=O) groups is 2. The zero-order valence-electron chi connectivity index (χ0n) is 13.3. The summed E-state index contributed by atoms with van der Waals surface area (Å²) in [6, 6.07) is 9.50. The number of hydrogen-bond donors (Lipinski definition) is 2. The molecule has 0 unspecified atom stereocenters. The molecule has 0 bridgehead atoms. The molecule has 0 radical (unpaired) electrons. The van der Waals surface area contributed by atoms with Gasteiger partial charge in [-0.15, -0.1) is 0 Å². The molecular formula is C17H20N2O4. The standard InChI is InChI=1S/C17H20N2O4/c1-11(2)23-14-8-6-13(7-9-14)19-16(20)12(3)18-17(21)15-5-4-10-22-15/h4-12H,1-3H3,(H,18,21)(H,19,20)/t12-/m1/s1. The molecule has 2 rings (SSSR count). The minimum absolute atomic E-state index is 0.0901. The molecule has 1 atom stereocenters. The molecule has 0 fully saturated rings. The fourth-order valence-electron chi connectivity index (χ4n) is 1.88. The molecular weight excluding hydrogens is 296 g/mol. The van der Waals surface area contributed by atoms with Crippen molar-refractivity contribution in [2.75, 3.05) is 5.32 Å². The van der Waals surface area contributed by atoms with Crippen LogP contribution in [-0.2, 0) is 4.79 Å². The summed E-state index contributed by atoms with van der Waals surface area (Å²) in [6.07, 6.45) is 1.49. The molecule has 0 aliphatic carbocycles. The van der Waals surface area contributed by atoms with Crippen LogP contribution in [0.1, 0.15) is 31.3 Å². The second-order valence-corrected chi connectivity index (χ2v) is 5.35. The van der Waals surface area contributed by atoms with E-state index in [1.54, 1.807) is 37.3 Å². The maximum atomic E-state index is 12.1. The predicted octanol–water partition coefficient (Wildman–Crippen LogP) is 2.82. The zero-order valence-corrected chi connectivity index (χ0v) is 13.3. The van der Waals surface area contributed by atoms with Crippen molar-refractivity contribution >= 4 is 17.5 Å². The number of amides is 2. The molecule has 6 heteroatoms. The van der Waals surface area contributed by atoms with Gasteiger partial charge in [-0.25, -0.2) is 0 Å². The molecule has 0 aliphatic rings. The van der Waals surface area contributed by atoms with Crippen molar-refractivity contribution in [2.45, 2.75) is 32.9 Å². The van der Waals surface area contributed by atoms with Crippen LogP contribution in [0.3, 0.4) is 0 Å². The lowest BCUT2D eigenvalue weighted by molar-refractivity contribution is -0.117. The van der Waals surface area contributed by atoms with E-state index in [0.29, 0.717) is 5.69 Å². The average molecular weight is 316 g/mol. The number of benzene rings is 1. The second-order valence-electron chi connectivity index (χ2n) is 5.35. The summed E-state index contributed by atoms with van der Waals surface area (Å²) < 4.78 is 10.5. The molecule has 122 valence electrons. The third kappa shape index (κ3) is 4.88. The molecule has 1 aromatic carbocycles. The minimum atomic E-state index is -0.695. The van der Waals surface area contributed by atoms with E-state index in [4.69, 9.17) is 9.15 Å². The van der Waals surface area contributed by atoms with Crippen LogP contribution in [0.4, 0.5) is 5.69 Å². The van der Waals surface area contributed by atoms with E-state index in [9.17, 15) is 9.59 Å². The van der Waals surface area contributed by atoms with Crippen LogP contribution >= 0.6 is 0 Å². The Labute approximate surface area is 134 Å². The van der Waals surface area contributed by atoms with Crippen LogP contribution in [0.15, 0.2) is 47.1 Å². The monoisotopic (exact) mass is 316 g/mol.